The summed E-state index contributed by atoms with van der Waals surface area (Å²) in [6.07, 6.45) is 1.95. The van der Waals surface area contributed by atoms with E-state index in [9.17, 15) is 9.18 Å². The molecule has 2 aliphatic rings. The molecule has 0 atom stereocenters. The summed E-state index contributed by atoms with van der Waals surface area (Å²) in [6.45, 7) is 1.78. The van der Waals surface area contributed by atoms with E-state index in [0.717, 1.165) is 46.6 Å². The molecule has 2 heterocycles. The number of nitrogens with one attached hydrogen (secondary N) is 1. The van der Waals surface area contributed by atoms with Gasteiger partial charge in [0, 0.05) is 36.1 Å². The van der Waals surface area contributed by atoms with Crippen LogP contribution >= 0.6 is 0 Å². The van der Waals surface area contributed by atoms with Gasteiger partial charge in [-0.1, -0.05) is 12.1 Å². The van der Waals surface area contributed by atoms with E-state index in [4.69, 9.17) is 9.47 Å². The van der Waals surface area contributed by atoms with Gasteiger partial charge in [-0.3, -0.25) is 4.79 Å². The summed E-state index contributed by atoms with van der Waals surface area (Å²) in [6, 6.07) is 8.05. The predicted octanol–water partition coefficient (Wildman–Crippen LogP) is 2.55. The van der Waals surface area contributed by atoms with Crippen LogP contribution in [-0.2, 0) is 30.6 Å². The van der Waals surface area contributed by atoms with Crippen LogP contribution < -0.4 is 14.8 Å². The largest absolute Gasteiger partial charge is 0.493 e. The molecule has 0 fully saturated rings. The topological polar surface area (TPSA) is 47.6 Å². The van der Waals surface area contributed by atoms with E-state index in [0.29, 0.717) is 19.8 Å². The molecule has 0 aliphatic carbocycles. The number of amides is 1. The molecule has 0 unspecified atom stereocenters. The van der Waals surface area contributed by atoms with Gasteiger partial charge in [0.1, 0.15) is 17.3 Å². The van der Waals surface area contributed by atoms with Gasteiger partial charge in [0.2, 0.25) is 5.91 Å². The Labute approximate surface area is 139 Å². The monoisotopic (exact) mass is 327 g/mol. The molecule has 0 radical (unpaired) electrons. The van der Waals surface area contributed by atoms with Crippen LogP contribution in [0.4, 0.5) is 4.39 Å². The third kappa shape index (κ3) is 2.82. The molecule has 4 nitrogen and oxygen atoms in total. The Morgan fingerprint density at radius 3 is 2.75 bits per heavy atom. The van der Waals surface area contributed by atoms with Gasteiger partial charge in [-0.25, -0.2) is 4.39 Å². The maximum atomic E-state index is 12.9. The Morgan fingerprint density at radius 2 is 1.92 bits per heavy atom. The molecule has 0 saturated heterocycles. The third-order valence-corrected chi connectivity index (χ3v) is 4.50. The average Bonchev–Trinajstić information content (AvgIpc) is 3.22. The highest BCUT2D eigenvalue weighted by Gasteiger charge is 2.26. The number of fused-ring (bicyclic) bond motifs is 2. The van der Waals surface area contributed by atoms with Gasteiger partial charge in [0.15, 0.2) is 0 Å². The van der Waals surface area contributed by atoms with Crippen molar-refractivity contribution in [3.8, 4) is 11.5 Å². The number of benzene rings is 2. The lowest BCUT2D eigenvalue weighted by molar-refractivity contribution is -0.120. The van der Waals surface area contributed by atoms with E-state index in [2.05, 4.69) is 11.4 Å². The first-order chi connectivity index (χ1) is 11.7. The van der Waals surface area contributed by atoms with Crippen molar-refractivity contribution in [3.05, 3.63) is 58.4 Å². The maximum Gasteiger partial charge on any atom is 0.224 e. The predicted molar refractivity (Wildman–Crippen MR) is 86.8 cm³/mol. The smallest absolute Gasteiger partial charge is 0.224 e. The Morgan fingerprint density at radius 1 is 1.12 bits per heavy atom. The van der Waals surface area contributed by atoms with Crippen molar-refractivity contribution in [1.29, 1.82) is 0 Å². The minimum Gasteiger partial charge on any atom is -0.493 e. The van der Waals surface area contributed by atoms with Crippen molar-refractivity contribution in [1.82, 2.24) is 5.32 Å². The van der Waals surface area contributed by atoms with Crippen LogP contribution in [0, 0.1) is 5.82 Å². The Bertz CT molecular complexity index is 754. The van der Waals surface area contributed by atoms with Gasteiger partial charge in [-0.2, -0.15) is 0 Å². The highest BCUT2D eigenvalue weighted by Crippen LogP contribution is 2.40. The van der Waals surface area contributed by atoms with E-state index >= 15 is 0 Å². The van der Waals surface area contributed by atoms with Crippen LogP contribution in [0.3, 0.4) is 0 Å². The second kappa shape index (κ2) is 6.15. The van der Waals surface area contributed by atoms with Crippen LogP contribution in [0.2, 0.25) is 0 Å². The van der Waals surface area contributed by atoms with Gasteiger partial charge in [-0.15, -0.1) is 0 Å². The zero-order chi connectivity index (χ0) is 16.5. The molecule has 5 heteroatoms. The second-order valence-electron chi connectivity index (χ2n) is 6.10. The molecule has 0 bridgehead atoms. The summed E-state index contributed by atoms with van der Waals surface area (Å²) in [5.74, 6) is 1.43. The van der Waals surface area contributed by atoms with Crippen molar-refractivity contribution >= 4 is 5.91 Å². The molecule has 0 spiro atoms. The lowest BCUT2D eigenvalue weighted by Crippen LogP contribution is -2.25. The molecular weight excluding hydrogens is 309 g/mol. The SMILES string of the molecule is O=C(Cc1ccc(F)cc1)NCc1c2c(cc3c1OCC3)OCC2. The van der Waals surface area contributed by atoms with E-state index in [1.807, 2.05) is 0 Å². The number of carbonyl (C=O) groups is 1. The summed E-state index contributed by atoms with van der Waals surface area (Å²) in [5.41, 5.74) is 4.11. The fraction of sp³-hybridized carbons (Fsp3) is 0.316. The quantitative estimate of drug-likeness (QED) is 0.939. The summed E-state index contributed by atoms with van der Waals surface area (Å²) >= 11 is 0. The standard InChI is InChI=1S/C19H18FNO3/c20-14-3-1-12(2-4-14)9-18(22)21-11-16-15-6-8-23-17(15)10-13-5-7-24-19(13)16/h1-4,10H,5-9,11H2,(H,21,22). The number of rotatable bonds is 4. The molecule has 4 rings (SSSR count). The number of hydrogen-bond acceptors (Lipinski definition) is 3. The van der Waals surface area contributed by atoms with E-state index in [1.54, 1.807) is 12.1 Å². The zero-order valence-corrected chi connectivity index (χ0v) is 13.2. The molecule has 2 aromatic carbocycles. The number of hydrogen-bond donors (Lipinski definition) is 1. The Kier molecular flexibility index (Phi) is 3.84. The normalized spacial score (nSPS) is 14.5. The fourth-order valence-electron chi connectivity index (χ4n) is 3.31. The second-order valence-corrected chi connectivity index (χ2v) is 6.10. The fourth-order valence-corrected chi connectivity index (χ4v) is 3.31. The van der Waals surface area contributed by atoms with Crippen LogP contribution in [-0.4, -0.2) is 19.1 Å². The summed E-state index contributed by atoms with van der Waals surface area (Å²) in [7, 11) is 0. The van der Waals surface area contributed by atoms with Crippen LogP contribution in [0.15, 0.2) is 30.3 Å². The number of carbonyl (C=O) groups excluding carboxylic acids is 1. The Balaban J connectivity index is 1.48. The molecule has 0 aromatic heterocycles. The molecular formula is C19H18FNO3. The Hall–Kier alpha value is -2.56. The maximum absolute atomic E-state index is 12.9. The minimum absolute atomic E-state index is 0.0927. The van der Waals surface area contributed by atoms with Crippen LogP contribution in [0.25, 0.3) is 0 Å². The lowest BCUT2D eigenvalue weighted by atomic mass is 9.99. The van der Waals surface area contributed by atoms with E-state index in [-0.39, 0.29) is 18.1 Å². The highest BCUT2D eigenvalue weighted by atomic mass is 19.1. The number of halogens is 1. The summed E-state index contributed by atoms with van der Waals surface area (Å²) in [5, 5.41) is 2.95. The highest BCUT2D eigenvalue weighted by molar-refractivity contribution is 5.78. The van der Waals surface area contributed by atoms with Gasteiger partial charge in [0.25, 0.3) is 0 Å². The zero-order valence-electron chi connectivity index (χ0n) is 13.2. The molecule has 0 saturated carbocycles. The van der Waals surface area contributed by atoms with Crippen LogP contribution in [0.1, 0.15) is 22.3 Å². The van der Waals surface area contributed by atoms with Crippen molar-refractivity contribution < 1.29 is 18.7 Å². The first-order valence-electron chi connectivity index (χ1n) is 8.15. The molecule has 2 aromatic rings. The van der Waals surface area contributed by atoms with Crippen molar-refractivity contribution in [2.75, 3.05) is 13.2 Å². The van der Waals surface area contributed by atoms with Gasteiger partial charge >= 0.3 is 0 Å². The summed E-state index contributed by atoms with van der Waals surface area (Å²) < 4.78 is 24.4. The summed E-state index contributed by atoms with van der Waals surface area (Å²) in [4.78, 5) is 12.2. The van der Waals surface area contributed by atoms with Crippen molar-refractivity contribution in [3.63, 3.8) is 0 Å². The van der Waals surface area contributed by atoms with Gasteiger partial charge in [-0.05, 0) is 23.8 Å². The molecule has 1 N–H and O–H groups in total. The molecule has 1 amide bonds. The van der Waals surface area contributed by atoms with E-state index < -0.39 is 0 Å². The minimum atomic E-state index is -0.299. The van der Waals surface area contributed by atoms with E-state index in [1.165, 1.54) is 12.1 Å². The van der Waals surface area contributed by atoms with Crippen LogP contribution in [0.5, 0.6) is 11.5 Å². The lowest BCUT2D eigenvalue weighted by Gasteiger charge is -2.14. The molecule has 24 heavy (non-hydrogen) atoms. The molecule has 2 aliphatic heterocycles. The first kappa shape index (κ1) is 15.0. The van der Waals surface area contributed by atoms with Gasteiger partial charge < -0.3 is 14.8 Å². The van der Waals surface area contributed by atoms with Crippen molar-refractivity contribution in [2.45, 2.75) is 25.8 Å². The third-order valence-electron chi connectivity index (χ3n) is 4.50. The molecule has 124 valence electrons. The first-order valence-corrected chi connectivity index (χ1v) is 8.15. The van der Waals surface area contributed by atoms with Gasteiger partial charge in [0.05, 0.1) is 19.6 Å². The van der Waals surface area contributed by atoms with Crippen molar-refractivity contribution in [2.24, 2.45) is 0 Å². The average molecular weight is 327 g/mol. The number of ether oxygens (including phenoxy) is 2.